The van der Waals surface area contributed by atoms with Gasteiger partial charge in [0.05, 0.1) is 26.9 Å². The largest absolute Gasteiger partial charge is 0.340 e. The van der Waals surface area contributed by atoms with Gasteiger partial charge in [0, 0.05) is 24.4 Å². The molecule has 1 amide bonds. The highest BCUT2D eigenvalue weighted by molar-refractivity contribution is 7.18. The van der Waals surface area contributed by atoms with Crippen molar-refractivity contribution in [3.63, 3.8) is 0 Å². The fourth-order valence-corrected chi connectivity index (χ4v) is 5.08. The van der Waals surface area contributed by atoms with Gasteiger partial charge >= 0.3 is 0 Å². The smallest absolute Gasteiger partial charge is 0.244 e. The molecular formula is C22H20N4O2S. The van der Waals surface area contributed by atoms with Crippen molar-refractivity contribution in [1.29, 1.82) is 0 Å². The van der Waals surface area contributed by atoms with Crippen molar-refractivity contribution in [3.05, 3.63) is 70.0 Å². The second kappa shape index (κ2) is 7.40. The minimum atomic E-state index is -0.127. The number of rotatable bonds is 3. The molecule has 0 radical (unpaired) electrons. The molecule has 0 spiro atoms. The Hall–Kier alpha value is -3.06. The summed E-state index contributed by atoms with van der Waals surface area (Å²) in [7, 11) is 0. The van der Waals surface area contributed by atoms with Gasteiger partial charge in [-0.15, -0.1) is 11.3 Å². The minimum absolute atomic E-state index is 0.0251. The van der Waals surface area contributed by atoms with Gasteiger partial charge in [0.2, 0.25) is 11.3 Å². The molecule has 1 aliphatic rings. The second-order valence-electron chi connectivity index (χ2n) is 7.38. The van der Waals surface area contributed by atoms with Gasteiger partial charge in [-0.1, -0.05) is 24.3 Å². The van der Waals surface area contributed by atoms with E-state index in [0.29, 0.717) is 17.4 Å². The molecule has 7 heteroatoms. The van der Waals surface area contributed by atoms with Crippen molar-refractivity contribution in [1.82, 2.24) is 19.7 Å². The van der Waals surface area contributed by atoms with Gasteiger partial charge < -0.3 is 4.90 Å². The van der Waals surface area contributed by atoms with Crippen LogP contribution in [0.1, 0.15) is 23.8 Å². The third-order valence-corrected chi connectivity index (χ3v) is 6.68. The predicted octanol–water partition coefficient (Wildman–Crippen LogP) is 3.41. The molecule has 0 N–H and O–H groups in total. The molecule has 1 saturated heterocycles. The molecule has 0 bridgehead atoms. The van der Waals surface area contributed by atoms with Crippen molar-refractivity contribution < 1.29 is 4.79 Å². The Morgan fingerprint density at radius 1 is 1.14 bits per heavy atom. The van der Waals surface area contributed by atoms with E-state index in [4.69, 9.17) is 4.98 Å². The molecule has 146 valence electrons. The number of carbonyl (C=O) groups excluding carboxylic acids is 1. The highest BCUT2D eigenvalue weighted by Crippen LogP contribution is 2.33. The SMILES string of the molecule is O=C(Cn1ncc(=O)c2ccccc21)N1CCCC(c2nc3ccccc3s2)C1. The van der Waals surface area contributed by atoms with Gasteiger partial charge in [-0.3, -0.25) is 14.3 Å². The highest BCUT2D eigenvalue weighted by atomic mass is 32.1. The number of benzene rings is 2. The van der Waals surface area contributed by atoms with E-state index in [-0.39, 0.29) is 23.8 Å². The summed E-state index contributed by atoms with van der Waals surface area (Å²) in [6, 6.07) is 15.4. The Labute approximate surface area is 171 Å². The summed E-state index contributed by atoms with van der Waals surface area (Å²) >= 11 is 1.72. The molecular weight excluding hydrogens is 384 g/mol. The van der Waals surface area contributed by atoms with Crippen molar-refractivity contribution >= 4 is 38.4 Å². The van der Waals surface area contributed by atoms with Gasteiger partial charge in [-0.05, 0) is 37.1 Å². The first-order valence-corrected chi connectivity index (χ1v) is 10.6. The van der Waals surface area contributed by atoms with Crippen LogP contribution < -0.4 is 5.43 Å². The number of fused-ring (bicyclic) bond motifs is 2. The zero-order chi connectivity index (χ0) is 19.8. The van der Waals surface area contributed by atoms with E-state index in [1.807, 2.05) is 41.3 Å². The molecule has 6 nitrogen and oxygen atoms in total. The Morgan fingerprint density at radius 2 is 1.97 bits per heavy atom. The molecule has 1 unspecified atom stereocenters. The number of aromatic nitrogens is 3. The molecule has 2 aromatic carbocycles. The topological polar surface area (TPSA) is 68.1 Å². The molecule has 0 aliphatic carbocycles. The summed E-state index contributed by atoms with van der Waals surface area (Å²) in [6.07, 6.45) is 3.29. The van der Waals surface area contributed by atoms with Crippen molar-refractivity contribution in [2.24, 2.45) is 0 Å². The average molecular weight is 404 g/mol. The van der Waals surface area contributed by atoms with Crippen LogP contribution in [0.3, 0.4) is 0 Å². The molecule has 1 atom stereocenters. The maximum atomic E-state index is 13.0. The average Bonchev–Trinajstić information content (AvgIpc) is 3.20. The summed E-state index contributed by atoms with van der Waals surface area (Å²) in [5.74, 6) is 0.293. The lowest BCUT2D eigenvalue weighted by Crippen LogP contribution is -2.41. The maximum Gasteiger partial charge on any atom is 0.244 e. The van der Waals surface area contributed by atoms with Gasteiger partial charge in [-0.25, -0.2) is 4.98 Å². The van der Waals surface area contributed by atoms with E-state index in [2.05, 4.69) is 11.2 Å². The number of hydrogen-bond acceptors (Lipinski definition) is 5. The van der Waals surface area contributed by atoms with Crippen LogP contribution in [-0.4, -0.2) is 38.7 Å². The molecule has 1 aliphatic heterocycles. The first kappa shape index (κ1) is 18.0. The van der Waals surface area contributed by atoms with Gasteiger partial charge in [0.25, 0.3) is 0 Å². The molecule has 1 fully saturated rings. The molecule has 5 rings (SSSR count). The van der Waals surface area contributed by atoms with E-state index in [0.717, 1.165) is 29.9 Å². The number of likely N-dealkylation sites (tertiary alicyclic amines) is 1. The van der Waals surface area contributed by atoms with Gasteiger partial charge in [0.1, 0.15) is 6.54 Å². The number of nitrogens with zero attached hydrogens (tertiary/aromatic N) is 4. The standard InChI is InChI=1S/C22H20N4O2S/c27-19-12-23-26(18-9-3-1-7-16(18)19)14-21(28)25-11-5-6-15(13-25)22-24-17-8-2-4-10-20(17)29-22/h1-4,7-10,12,15H,5-6,11,13-14H2. The second-order valence-corrected chi connectivity index (χ2v) is 8.44. The number of piperidine rings is 1. The molecule has 2 aromatic heterocycles. The number of carbonyl (C=O) groups is 1. The fourth-order valence-electron chi connectivity index (χ4n) is 3.98. The number of thiazole rings is 1. The van der Waals surface area contributed by atoms with Crippen LogP contribution in [0.4, 0.5) is 0 Å². The van der Waals surface area contributed by atoms with Crippen LogP contribution in [0.5, 0.6) is 0 Å². The first-order valence-electron chi connectivity index (χ1n) is 9.77. The number of para-hydroxylation sites is 2. The quantitative estimate of drug-likeness (QED) is 0.525. The number of hydrogen-bond donors (Lipinski definition) is 0. The monoisotopic (exact) mass is 404 g/mol. The third kappa shape index (κ3) is 3.42. The lowest BCUT2D eigenvalue weighted by atomic mass is 9.98. The van der Waals surface area contributed by atoms with E-state index in [1.54, 1.807) is 22.1 Å². The molecule has 4 aromatic rings. The van der Waals surface area contributed by atoms with Crippen LogP contribution >= 0.6 is 11.3 Å². The minimum Gasteiger partial charge on any atom is -0.340 e. The molecule has 29 heavy (non-hydrogen) atoms. The number of amides is 1. The molecule has 0 saturated carbocycles. The van der Waals surface area contributed by atoms with Crippen molar-refractivity contribution in [2.45, 2.75) is 25.3 Å². The lowest BCUT2D eigenvalue weighted by molar-refractivity contribution is -0.133. The van der Waals surface area contributed by atoms with Crippen LogP contribution in [0.2, 0.25) is 0 Å². The Kier molecular flexibility index (Phi) is 4.60. The van der Waals surface area contributed by atoms with Gasteiger partial charge in [0.15, 0.2) is 0 Å². The summed E-state index contributed by atoms with van der Waals surface area (Å²) in [4.78, 5) is 31.7. The van der Waals surface area contributed by atoms with Crippen LogP contribution in [-0.2, 0) is 11.3 Å². The van der Waals surface area contributed by atoms with Gasteiger partial charge in [-0.2, -0.15) is 5.10 Å². The van der Waals surface area contributed by atoms with Crippen molar-refractivity contribution in [3.8, 4) is 0 Å². The molecule has 3 heterocycles. The summed E-state index contributed by atoms with van der Waals surface area (Å²) in [6.45, 7) is 1.56. The summed E-state index contributed by atoms with van der Waals surface area (Å²) in [5, 5.41) is 5.89. The van der Waals surface area contributed by atoms with E-state index >= 15 is 0 Å². The highest BCUT2D eigenvalue weighted by Gasteiger charge is 2.27. The third-order valence-electron chi connectivity index (χ3n) is 5.48. The van der Waals surface area contributed by atoms with E-state index in [1.165, 1.54) is 10.9 Å². The fraction of sp³-hybridized carbons (Fsp3) is 0.273. The van der Waals surface area contributed by atoms with Crippen molar-refractivity contribution in [2.75, 3.05) is 13.1 Å². The Bertz CT molecular complexity index is 1230. The zero-order valence-corrected chi connectivity index (χ0v) is 16.6. The Balaban J connectivity index is 1.36. The van der Waals surface area contributed by atoms with Crippen LogP contribution in [0.15, 0.2) is 59.5 Å². The summed E-state index contributed by atoms with van der Waals surface area (Å²) in [5.41, 5.74) is 1.59. The normalized spacial score (nSPS) is 17.1. The van der Waals surface area contributed by atoms with E-state index < -0.39 is 0 Å². The Morgan fingerprint density at radius 3 is 2.86 bits per heavy atom. The predicted molar refractivity (Wildman–Crippen MR) is 114 cm³/mol. The maximum absolute atomic E-state index is 13.0. The summed E-state index contributed by atoms with van der Waals surface area (Å²) < 4.78 is 2.82. The van der Waals surface area contributed by atoms with Crippen LogP contribution in [0, 0.1) is 0 Å². The van der Waals surface area contributed by atoms with E-state index in [9.17, 15) is 9.59 Å². The lowest BCUT2D eigenvalue weighted by Gasteiger charge is -2.32. The first-order chi connectivity index (χ1) is 14.2. The van der Waals surface area contributed by atoms with Crippen LogP contribution in [0.25, 0.3) is 21.1 Å². The zero-order valence-electron chi connectivity index (χ0n) is 15.8.